The van der Waals surface area contributed by atoms with Gasteiger partial charge >= 0.3 is 5.97 Å². The predicted molar refractivity (Wildman–Crippen MR) is 56.3 cm³/mol. The van der Waals surface area contributed by atoms with Crippen LogP contribution in [0, 0.1) is 0 Å². The van der Waals surface area contributed by atoms with E-state index in [2.05, 4.69) is 14.7 Å². The van der Waals surface area contributed by atoms with Crippen molar-refractivity contribution in [3.05, 3.63) is 17.6 Å². The molecule has 0 spiro atoms. The van der Waals surface area contributed by atoms with E-state index in [9.17, 15) is 13.2 Å². The van der Waals surface area contributed by atoms with Gasteiger partial charge in [-0.15, -0.1) is 0 Å². The number of nitrogen functional groups attached to an aromatic ring is 1. The monoisotopic (exact) mass is 245 g/mol. The van der Waals surface area contributed by atoms with Gasteiger partial charge in [0.1, 0.15) is 23.0 Å². The van der Waals surface area contributed by atoms with Crippen LogP contribution < -0.4 is 5.73 Å². The summed E-state index contributed by atoms with van der Waals surface area (Å²) in [6.45, 7) is 0. The minimum atomic E-state index is -3.23. The lowest BCUT2D eigenvalue weighted by Crippen LogP contribution is -2.12. The molecule has 0 aliphatic rings. The van der Waals surface area contributed by atoms with Crippen LogP contribution in [0.25, 0.3) is 0 Å². The van der Waals surface area contributed by atoms with Crippen LogP contribution in [0.2, 0.25) is 0 Å². The van der Waals surface area contributed by atoms with Crippen molar-refractivity contribution in [2.75, 3.05) is 19.1 Å². The highest BCUT2D eigenvalue weighted by atomic mass is 32.2. The summed E-state index contributed by atoms with van der Waals surface area (Å²) in [6, 6.07) is 0. The zero-order valence-corrected chi connectivity index (χ0v) is 9.61. The van der Waals surface area contributed by atoms with Gasteiger partial charge in [-0.3, -0.25) is 0 Å². The molecule has 0 unspecified atom stereocenters. The second-order valence-corrected chi connectivity index (χ2v) is 5.29. The van der Waals surface area contributed by atoms with E-state index in [1.807, 2.05) is 0 Å². The van der Waals surface area contributed by atoms with E-state index in [1.165, 1.54) is 7.11 Å². The van der Waals surface area contributed by atoms with E-state index in [1.54, 1.807) is 0 Å². The molecule has 2 N–H and O–H groups in total. The second kappa shape index (κ2) is 4.44. The summed E-state index contributed by atoms with van der Waals surface area (Å²) in [5.41, 5.74) is 5.48. The van der Waals surface area contributed by atoms with Crippen LogP contribution in [0.1, 0.15) is 16.2 Å². The first-order chi connectivity index (χ1) is 7.33. The lowest BCUT2D eigenvalue weighted by Gasteiger charge is -2.04. The first kappa shape index (κ1) is 12.4. The van der Waals surface area contributed by atoms with Crippen LogP contribution in [0.5, 0.6) is 0 Å². The number of nitrogens with two attached hydrogens (primary N) is 1. The zero-order valence-electron chi connectivity index (χ0n) is 8.80. The fourth-order valence-electron chi connectivity index (χ4n) is 1.00. The molecule has 1 aromatic heterocycles. The molecule has 88 valence electrons. The smallest absolute Gasteiger partial charge is 0.343 e. The molecular formula is C8H11N3O4S. The number of ether oxygens (including phenoxy) is 1. The molecule has 0 aliphatic carbocycles. The van der Waals surface area contributed by atoms with Crippen molar-refractivity contribution in [2.24, 2.45) is 0 Å². The van der Waals surface area contributed by atoms with Crippen molar-refractivity contribution in [1.82, 2.24) is 9.97 Å². The molecule has 0 aromatic carbocycles. The van der Waals surface area contributed by atoms with Gasteiger partial charge in [-0.2, -0.15) is 0 Å². The van der Waals surface area contributed by atoms with Gasteiger partial charge in [-0.05, 0) is 0 Å². The third-order valence-electron chi connectivity index (χ3n) is 1.66. The van der Waals surface area contributed by atoms with E-state index in [-0.39, 0.29) is 23.0 Å². The molecule has 1 heterocycles. The van der Waals surface area contributed by atoms with Crippen LogP contribution in [0.4, 0.5) is 5.82 Å². The number of rotatable bonds is 3. The molecule has 0 saturated carbocycles. The second-order valence-electron chi connectivity index (χ2n) is 3.15. The Kier molecular flexibility index (Phi) is 3.43. The fraction of sp³-hybridized carbons (Fsp3) is 0.375. The van der Waals surface area contributed by atoms with Crippen LogP contribution in [-0.4, -0.2) is 37.7 Å². The Morgan fingerprint density at radius 3 is 2.62 bits per heavy atom. The highest BCUT2D eigenvalue weighted by Gasteiger charge is 2.14. The molecule has 1 rings (SSSR count). The maximum absolute atomic E-state index is 11.1. The Hall–Kier alpha value is -1.70. The van der Waals surface area contributed by atoms with Crippen molar-refractivity contribution in [2.45, 2.75) is 5.75 Å². The zero-order chi connectivity index (χ0) is 12.3. The number of nitrogens with zero attached hydrogens (tertiary/aromatic N) is 2. The average molecular weight is 245 g/mol. The molecular weight excluding hydrogens is 234 g/mol. The molecule has 0 radical (unpaired) electrons. The summed E-state index contributed by atoms with van der Waals surface area (Å²) in [5, 5.41) is 0. The third-order valence-corrected chi connectivity index (χ3v) is 2.45. The van der Waals surface area contributed by atoms with E-state index in [4.69, 9.17) is 5.73 Å². The Labute approximate surface area is 92.6 Å². The molecule has 0 bridgehead atoms. The van der Waals surface area contributed by atoms with Crippen molar-refractivity contribution >= 4 is 21.6 Å². The van der Waals surface area contributed by atoms with Crippen molar-refractivity contribution in [3.8, 4) is 0 Å². The first-order valence-electron chi connectivity index (χ1n) is 4.21. The molecule has 16 heavy (non-hydrogen) atoms. The summed E-state index contributed by atoms with van der Waals surface area (Å²) < 4.78 is 26.4. The highest BCUT2D eigenvalue weighted by Crippen LogP contribution is 2.09. The van der Waals surface area contributed by atoms with Crippen molar-refractivity contribution in [1.29, 1.82) is 0 Å². The van der Waals surface area contributed by atoms with Crippen LogP contribution in [-0.2, 0) is 20.3 Å². The number of carbonyl (C=O) groups excluding carboxylic acids is 1. The lowest BCUT2D eigenvalue weighted by molar-refractivity contribution is 0.0601. The van der Waals surface area contributed by atoms with Gasteiger partial charge in [0.2, 0.25) is 0 Å². The number of sulfone groups is 1. The number of hydrogen-bond donors (Lipinski definition) is 1. The highest BCUT2D eigenvalue weighted by molar-refractivity contribution is 7.89. The summed E-state index contributed by atoms with van der Waals surface area (Å²) in [7, 11) is -2.03. The van der Waals surface area contributed by atoms with Gasteiger partial charge in [0, 0.05) is 12.5 Å². The minimum absolute atomic E-state index is 0.0137. The number of methoxy groups -OCH3 is 1. The summed E-state index contributed by atoms with van der Waals surface area (Å²) in [6.07, 6.45) is 2.20. The predicted octanol–water partition coefficient (Wildman–Crippen LogP) is -0.610. The van der Waals surface area contributed by atoms with Gasteiger partial charge in [0.05, 0.1) is 7.11 Å². The van der Waals surface area contributed by atoms with Crippen molar-refractivity contribution in [3.63, 3.8) is 0 Å². The molecule has 0 aliphatic heterocycles. The van der Waals surface area contributed by atoms with Crippen LogP contribution in [0.15, 0.2) is 6.20 Å². The number of carbonyl (C=O) groups is 1. The molecule has 7 nitrogen and oxygen atoms in total. The van der Waals surface area contributed by atoms with Gasteiger partial charge in [-0.1, -0.05) is 0 Å². The number of aromatic nitrogens is 2. The Morgan fingerprint density at radius 2 is 2.19 bits per heavy atom. The van der Waals surface area contributed by atoms with E-state index >= 15 is 0 Å². The maximum Gasteiger partial charge on any atom is 0.343 e. The Balaban J connectivity index is 3.05. The number of anilines is 1. The van der Waals surface area contributed by atoms with Crippen LogP contribution in [0.3, 0.4) is 0 Å². The van der Waals surface area contributed by atoms with E-state index in [0.29, 0.717) is 0 Å². The largest absolute Gasteiger partial charge is 0.465 e. The number of esters is 1. The molecule has 1 aromatic rings. The van der Waals surface area contributed by atoms with E-state index < -0.39 is 15.8 Å². The van der Waals surface area contributed by atoms with Gasteiger partial charge < -0.3 is 10.5 Å². The average Bonchev–Trinajstić information content (AvgIpc) is 2.14. The SMILES string of the molecule is COC(=O)c1cnc(CS(C)(=O)=O)nc1N. The number of hydrogen-bond acceptors (Lipinski definition) is 7. The quantitative estimate of drug-likeness (QED) is 0.707. The maximum atomic E-state index is 11.1. The van der Waals surface area contributed by atoms with Crippen LogP contribution >= 0.6 is 0 Å². The third kappa shape index (κ3) is 3.16. The van der Waals surface area contributed by atoms with Gasteiger partial charge in [0.25, 0.3) is 0 Å². The Bertz CT molecular complexity index is 512. The fourth-order valence-corrected chi connectivity index (χ4v) is 1.61. The van der Waals surface area contributed by atoms with Gasteiger partial charge in [0.15, 0.2) is 9.84 Å². The molecule has 0 atom stereocenters. The minimum Gasteiger partial charge on any atom is -0.465 e. The summed E-state index contributed by atoms with van der Waals surface area (Å²) in [4.78, 5) is 18.6. The normalized spacial score (nSPS) is 11.1. The van der Waals surface area contributed by atoms with Gasteiger partial charge in [-0.25, -0.2) is 23.2 Å². The van der Waals surface area contributed by atoms with E-state index in [0.717, 1.165) is 12.5 Å². The molecule has 0 saturated heterocycles. The summed E-state index contributed by atoms with van der Waals surface area (Å²) in [5.74, 6) is -1.03. The van der Waals surface area contributed by atoms with Crippen molar-refractivity contribution < 1.29 is 17.9 Å². The molecule has 0 amide bonds. The molecule has 8 heteroatoms. The molecule has 0 fully saturated rings. The Morgan fingerprint density at radius 1 is 1.56 bits per heavy atom. The standard InChI is InChI=1S/C8H11N3O4S/c1-15-8(12)5-3-10-6(11-7(5)9)4-16(2,13)14/h3H,4H2,1-2H3,(H2,9,10,11). The lowest BCUT2D eigenvalue weighted by atomic mass is 10.3. The summed E-state index contributed by atoms with van der Waals surface area (Å²) >= 11 is 0. The topological polar surface area (TPSA) is 112 Å². The first-order valence-corrected chi connectivity index (χ1v) is 6.27.